The molecule has 1 aliphatic heterocycles. The van der Waals surface area contributed by atoms with E-state index in [-0.39, 0.29) is 17.8 Å². The largest absolute Gasteiger partial charge is 0.338 e. The van der Waals surface area contributed by atoms with Crippen molar-refractivity contribution in [1.29, 1.82) is 0 Å². The standard InChI is InChI=1S/C29H44N8O3/c1-20(38)32-11-9-25(35-27(40)37-14-12-36(13-15-37)26(39)28(2,3)31)34-23-6-4-21(5-7-23)8-10-33-24-18-29(19-24)16-22(30)17-29/h4-7,9,11,22,24,33H,8,10,12-19,30-31H2,1-3H3,(H,32,38)(H,34,35,40)/b11-9-. The van der Waals surface area contributed by atoms with Gasteiger partial charge >= 0.3 is 6.03 Å². The number of hydrogen-bond donors (Lipinski definition) is 5. The molecule has 2 aliphatic carbocycles. The molecule has 1 saturated heterocycles. The number of nitrogens with zero attached hydrogens (tertiary/aromatic N) is 3. The van der Waals surface area contributed by atoms with E-state index in [1.165, 1.54) is 44.4 Å². The molecule has 3 fully saturated rings. The van der Waals surface area contributed by atoms with E-state index in [4.69, 9.17) is 11.5 Å². The third-order valence-corrected chi connectivity index (χ3v) is 7.95. The molecule has 0 aromatic heterocycles. The fourth-order valence-electron chi connectivity index (χ4n) is 5.87. The average Bonchev–Trinajstić information content (AvgIpc) is 2.86. The second kappa shape index (κ2) is 12.5. The maximum absolute atomic E-state index is 13.0. The van der Waals surface area contributed by atoms with Gasteiger partial charge in [0.05, 0.1) is 11.2 Å². The number of nitrogens with one attached hydrogen (secondary N) is 3. The summed E-state index contributed by atoms with van der Waals surface area (Å²) in [6, 6.07) is 8.61. The fraction of sp³-hybridized carbons (Fsp3) is 0.586. The lowest BCUT2D eigenvalue weighted by atomic mass is 9.52. The molecule has 3 aliphatic rings. The van der Waals surface area contributed by atoms with Gasteiger partial charge in [0.25, 0.3) is 0 Å². The first-order chi connectivity index (χ1) is 18.9. The Bertz CT molecular complexity index is 1120. The smallest absolute Gasteiger partial charge is 0.323 e. The summed E-state index contributed by atoms with van der Waals surface area (Å²) >= 11 is 0. The maximum Gasteiger partial charge on any atom is 0.323 e. The molecule has 2 saturated carbocycles. The number of amidine groups is 1. The van der Waals surface area contributed by atoms with Crippen LogP contribution in [0.15, 0.2) is 41.5 Å². The molecule has 11 heteroatoms. The summed E-state index contributed by atoms with van der Waals surface area (Å²) < 4.78 is 0. The number of piperazine rings is 1. The van der Waals surface area contributed by atoms with Crippen LogP contribution in [0.1, 0.15) is 52.0 Å². The Morgan fingerprint density at radius 2 is 1.68 bits per heavy atom. The van der Waals surface area contributed by atoms with Crippen molar-refractivity contribution in [2.45, 2.75) is 70.5 Å². The number of hydrogen-bond acceptors (Lipinski definition) is 7. The molecule has 11 nitrogen and oxygen atoms in total. The third-order valence-electron chi connectivity index (χ3n) is 7.95. The van der Waals surface area contributed by atoms with Crippen LogP contribution in [0.3, 0.4) is 0 Å². The van der Waals surface area contributed by atoms with E-state index in [2.05, 4.69) is 20.9 Å². The van der Waals surface area contributed by atoms with E-state index < -0.39 is 5.54 Å². The van der Waals surface area contributed by atoms with Gasteiger partial charge in [0.15, 0.2) is 0 Å². The molecule has 218 valence electrons. The van der Waals surface area contributed by atoms with Gasteiger partial charge in [-0.1, -0.05) is 12.1 Å². The summed E-state index contributed by atoms with van der Waals surface area (Å²) in [5, 5.41) is 9.07. The van der Waals surface area contributed by atoms with Gasteiger partial charge < -0.3 is 31.9 Å². The molecule has 4 amide bonds. The van der Waals surface area contributed by atoms with E-state index in [1.54, 1.807) is 29.7 Å². The molecule has 1 aromatic rings. The van der Waals surface area contributed by atoms with Crippen molar-refractivity contribution in [3.63, 3.8) is 0 Å². The lowest BCUT2D eigenvalue weighted by molar-refractivity contribution is -0.137. The lowest BCUT2D eigenvalue weighted by Gasteiger charge is -2.57. The zero-order valence-electron chi connectivity index (χ0n) is 23.9. The number of benzene rings is 1. The van der Waals surface area contributed by atoms with Gasteiger partial charge in [-0.2, -0.15) is 0 Å². The minimum Gasteiger partial charge on any atom is -0.338 e. The van der Waals surface area contributed by atoms with Crippen molar-refractivity contribution < 1.29 is 14.4 Å². The van der Waals surface area contributed by atoms with Crippen LogP contribution in [0.4, 0.5) is 10.5 Å². The van der Waals surface area contributed by atoms with Gasteiger partial charge in [-0.25, -0.2) is 9.79 Å². The van der Waals surface area contributed by atoms with Crippen LogP contribution < -0.4 is 27.4 Å². The van der Waals surface area contributed by atoms with Crippen molar-refractivity contribution in [3.05, 3.63) is 42.1 Å². The lowest BCUT2D eigenvalue weighted by Crippen LogP contribution is -2.59. The molecule has 0 unspecified atom stereocenters. The van der Waals surface area contributed by atoms with Gasteiger partial charge in [-0.05, 0) is 81.7 Å². The Morgan fingerprint density at radius 1 is 1.05 bits per heavy atom. The molecule has 0 bridgehead atoms. The minimum absolute atomic E-state index is 0.137. The first-order valence-electron chi connectivity index (χ1n) is 14.2. The van der Waals surface area contributed by atoms with Crippen LogP contribution in [0.2, 0.25) is 0 Å². The van der Waals surface area contributed by atoms with Crippen LogP contribution in [-0.2, 0) is 16.0 Å². The number of nitrogens with two attached hydrogens (primary N) is 2. The highest BCUT2D eigenvalue weighted by Crippen LogP contribution is 2.55. The summed E-state index contributed by atoms with van der Waals surface area (Å²) in [5.74, 6) is -0.0659. The Morgan fingerprint density at radius 3 is 2.25 bits per heavy atom. The van der Waals surface area contributed by atoms with E-state index in [0.717, 1.165) is 13.0 Å². The van der Waals surface area contributed by atoms with Crippen LogP contribution in [0, 0.1) is 5.41 Å². The van der Waals surface area contributed by atoms with Crippen molar-refractivity contribution >= 4 is 29.4 Å². The highest BCUT2D eigenvalue weighted by atomic mass is 16.2. The van der Waals surface area contributed by atoms with Crippen LogP contribution in [-0.4, -0.2) is 83.8 Å². The molecule has 1 spiro atoms. The normalized spacial score (nSPS) is 25.0. The number of amides is 4. The average molecular weight is 553 g/mol. The van der Waals surface area contributed by atoms with Crippen LogP contribution in [0.5, 0.6) is 0 Å². The van der Waals surface area contributed by atoms with Crippen LogP contribution >= 0.6 is 0 Å². The van der Waals surface area contributed by atoms with Crippen LogP contribution in [0.25, 0.3) is 0 Å². The summed E-state index contributed by atoms with van der Waals surface area (Å²) in [6.45, 7) is 7.28. The highest BCUT2D eigenvalue weighted by Gasteiger charge is 2.51. The van der Waals surface area contributed by atoms with Crippen molar-refractivity contribution in [2.24, 2.45) is 21.9 Å². The predicted octanol–water partition coefficient (Wildman–Crippen LogP) is 1.36. The van der Waals surface area contributed by atoms with E-state index >= 15 is 0 Å². The Labute approximate surface area is 236 Å². The Kier molecular flexibility index (Phi) is 9.27. The number of carbonyl (C=O) groups is 3. The SMILES string of the molecule is CC(=O)N/C=C\C(=Nc1ccc(CCNC2CC3(CC(N)C3)C2)cc1)NC(=O)N1CCN(C(=O)C(C)(C)N)CC1. The molecule has 1 heterocycles. The maximum atomic E-state index is 13.0. The summed E-state index contributed by atoms with van der Waals surface area (Å²) in [6.07, 6.45) is 8.77. The molecular formula is C29H44N8O3. The van der Waals surface area contributed by atoms with Gasteiger partial charge in [-0.15, -0.1) is 0 Å². The molecule has 7 N–H and O–H groups in total. The summed E-state index contributed by atoms with van der Waals surface area (Å²) in [7, 11) is 0. The Balaban J connectivity index is 1.29. The summed E-state index contributed by atoms with van der Waals surface area (Å²) in [4.78, 5) is 44.6. The molecule has 40 heavy (non-hydrogen) atoms. The highest BCUT2D eigenvalue weighted by molar-refractivity contribution is 6.05. The predicted molar refractivity (Wildman–Crippen MR) is 156 cm³/mol. The second-order valence-electron chi connectivity index (χ2n) is 12.1. The zero-order chi connectivity index (χ0) is 28.9. The first-order valence-corrected chi connectivity index (χ1v) is 14.2. The van der Waals surface area contributed by atoms with Crippen molar-refractivity contribution in [1.82, 2.24) is 25.8 Å². The third kappa shape index (κ3) is 7.89. The molecule has 0 atom stereocenters. The van der Waals surface area contributed by atoms with Gasteiger partial charge in [-0.3, -0.25) is 14.9 Å². The first kappa shape index (κ1) is 29.7. The van der Waals surface area contributed by atoms with E-state index in [0.29, 0.717) is 55.2 Å². The Hall–Kier alpha value is -3.28. The quantitative estimate of drug-likeness (QED) is 0.242. The molecule has 0 radical (unpaired) electrons. The van der Waals surface area contributed by atoms with Gasteiger partial charge in [0.1, 0.15) is 5.84 Å². The minimum atomic E-state index is -0.949. The molecular weight excluding hydrogens is 508 g/mol. The number of rotatable bonds is 8. The number of carbonyl (C=O) groups excluding carboxylic acids is 3. The van der Waals surface area contributed by atoms with Gasteiger partial charge in [0, 0.05) is 51.4 Å². The molecule has 4 rings (SSSR count). The van der Waals surface area contributed by atoms with Crippen molar-refractivity contribution in [3.8, 4) is 0 Å². The topological polar surface area (TPSA) is 158 Å². The number of urea groups is 1. The fourth-order valence-corrected chi connectivity index (χ4v) is 5.87. The second-order valence-corrected chi connectivity index (χ2v) is 12.1. The van der Waals surface area contributed by atoms with E-state index in [1.807, 2.05) is 24.3 Å². The van der Waals surface area contributed by atoms with Crippen molar-refractivity contribution in [2.75, 3.05) is 32.7 Å². The van der Waals surface area contributed by atoms with Gasteiger partial charge in [0.2, 0.25) is 11.8 Å². The zero-order valence-corrected chi connectivity index (χ0v) is 23.9. The summed E-state index contributed by atoms with van der Waals surface area (Å²) in [5.41, 5.74) is 13.4. The van der Waals surface area contributed by atoms with E-state index in [9.17, 15) is 14.4 Å². The molecule has 1 aromatic carbocycles. The monoisotopic (exact) mass is 552 g/mol. The number of aliphatic imine (C=N–C) groups is 1.